The third kappa shape index (κ3) is 3.93. The van der Waals surface area contributed by atoms with Gasteiger partial charge in [0.15, 0.2) is 0 Å². The lowest BCUT2D eigenvalue weighted by Crippen LogP contribution is -2.19. The summed E-state index contributed by atoms with van der Waals surface area (Å²) in [5, 5.41) is 0. The zero-order chi connectivity index (χ0) is 12.0. The van der Waals surface area contributed by atoms with E-state index in [-0.39, 0.29) is 6.04 Å². The third-order valence-electron chi connectivity index (χ3n) is 2.55. The first-order valence-corrected chi connectivity index (χ1v) is 5.54. The molecule has 1 rings (SSSR count). The van der Waals surface area contributed by atoms with Gasteiger partial charge in [-0.3, -0.25) is 0 Å². The third-order valence-corrected chi connectivity index (χ3v) is 2.55. The molecule has 1 atom stereocenters. The van der Waals surface area contributed by atoms with Crippen LogP contribution in [-0.4, -0.2) is 26.9 Å². The van der Waals surface area contributed by atoms with Gasteiger partial charge < -0.3 is 15.2 Å². The van der Waals surface area contributed by atoms with Crippen LogP contribution in [0.4, 0.5) is 0 Å². The molecule has 0 aliphatic heterocycles. The minimum Gasteiger partial charge on any atom is -0.382 e. The predicted octanol–water partition coefficient (Wildman–Crippen LogP) is 1.97. The lowest BCUT2D eigenvalue weighted by Gasteiger charge is -2.15. The molecular weight excluding hydrogens is 202 g/mol. The number of nitrogens with two attached hydrogens (primary N) is 1. The Morgan fingerprint density at radius 1 is 1.25 bits per heavy atom. The second-order valence-electron chi connectivity index (χ2n) is 4.03. The van der Waals surface area contributed by atoms with Crippen molar-refractivity contribution in [3.05, 3.63) is 34.9 Å². The molecule has 0 bridgehead atoms. The number of ether oxygens (including phenoxy) is 2. The fraction of sp³-hybridized carbons (Fsp3) is 0.538. The van der Waals surface area contributed by atoms with Crippen LogP contribution in [-0.2, 0) is 9.47 Å². The van der Waals surface area contributed by atoms with Crippen molar-refractivity contribution in [3.63, 3.8) is 0 Å². The molecule has 0 spiro atoms. The average molecular weight is 223 g/mol. The van der Waals surface area contributed by atoms with Gasteiger partial charge in [0.1, 0.15) is 0 Å². The minimum absolute atomic E-state index is 0.0579. The van der Waals surface area contributed by atoms with E-state index >= 15 is 0 Å². The van der Waals surface area contributed by atoms with Crippen LogP contribution >= 0.6 is 0 Å². The molecule has 2 N–H and O–H groups in total. The first kappa shape index (κ1) is 13.2. The first-order chi connectivity index (χ1) is 7.65. The number of hydrogen-bond donors (Lipinski definition) is 1. The van der Waals surface area contributed by atoms with Crippen molar-refractivity contribution in [3.8, 4) is 0 Å². The summed E-state index contributed by atoms with van der Waals surface area (Å²) in [7, 11) is 1.66. The molecule has 0 amide bonds. The van der Waals surface area contributed by atoms with Crippen molar-refractivity contribution in [2.75, 3.05) is 26.9 Å². The normalized spacial score (nSPS) is 12.8. The molecule has 0 saturated carbocycles. The van der Waals surface area contributed by atoms with Crippen molar-refractivity contribution < 1.29 is 9.47 Å². The highest BCUT2D eigenvalue weighted by Gasteiger charge is 2.08. The fourth-order valence-electron chi connectivity index (χ4n) is 1.68. The maximum Gasteiger partial charge on any atom is 0.0701 e. The lowest BCUT2D eigenvalue weighted by molar-refractivity contribution is 0.0635. The molecule has 90 valence electrons. The minimum atomic E-state index is -0.0579. The topological polar surface area (TPSA) is 44.5 Å². The van der Waals surface area contributed by atoms with E-state index in [9.17, 15) is 0 Å². The number of methoxy groups -OCH3 is 1. The Kier molecular flexibility index (Phi) is 5.46. The molecule has 0 saturated heterocycles. The van der Waals surface area contributed by atoms with Crippen LogP contribution in [0.3, 0.4) is 0 Å². The van der Waals surface area contributed by atoms with Crippen LogP contribution in [0, 0.1) is 13.8 Å². The van der Waals surface area contributed by atoms with Gasteiger partial charge in [-0.1, -0.05) is 23.8 Å². The molecule has 0 aliphatic carbocycles. The van der Waals surface area contributed by atoms with Gasteiger partial charge in [0.25, 0.3) is 0 Å². The summed E-state index contributed by atoms with van der Waals surface area (Å²) in [4.78, 5) is 0. The molecule has 1 aromatic rings. The Balaban J connectivity index is 2.49. The lowest BCUT2D eigenvalue weighted by atomic mass is 10.0. The van der Waals surface area contributed by atoms with E-state index in [0.29, 0.717) is 19.8 Å². The summed E-state index contributed by atoms with van der Waals surface area (Å²) >= 11 is 0. The van der Waals surface area contributed by atoms with E-state index in [1.54, 1.807) is 7.11 Å². The molecule has 3 nitrogen and oxygen atoms in total. The van der Waals surface area contributed by atoms with Crippen LogP contribution in [0.15, 0.2) is 18.2 Å². The zero-order valence-corrected chi connectivity index (χ0v) is 10.3. The number of rotatable bonds is 6. The van der Waals surface area contributed by atoms with E-state index in [4.69, 9.17) is 15.2 Å². The molecule has 0 radical (unpaired) electrons. The van der Waals surface area contributed by atoms with Crippen molar-refractivity contribution >= 4 is 0 Å². The molecule has 0 fully saturated rings. The second kappa shape index (κ2) is 6.63. The Labute approximate surface area is 97.6 Å². The summed E-state index contributed by atoms with van der Waals surface area (Å²) in [6, 6.07) is 6.24. The van der Waals surface area contributed by atoms with Crippen LogP contribution in [0.5, 0.6) is 0 Å². The second-order valence-corrected chi connectivity index (χ2v) is 4.03. The Hall–Kier alpha value is -0.900. The van der Waals surface area contributed by atoms with Gasteiger partial charge in [0.2, 0.25) is 0 Å². The monoisotopic (exact) mass is 223 g/mol. The SMILES string of the molecule is COCCOCC(N)c1ccc(C)cc1C. The fourth-order valence-corrected chi connectivity index (χ4v) is 1.68. The van der Waals surface area contributed by atoms with Crippen molar-refractivity contribution in [1.82, 2.24) is 0 Å². The molecule has 16 heavy (non-hydrogen) atoms. The summed E-state index contributed by atoms with van der Waals surface area (Å²) in [6.45, 7) is 5.90. The van der Waals surface area contributed by atoms with E-state index in [1.165, 1.54) is 11.1 Å². The highest BCUT2D eigenvalue weighted by atomic mass is 16.5. The molecule has 0 aliphatic rings. The molecule has 0 heterocycles. The van der Waals surface area contributed by atoms with Crippen LogP contribution in [0.25, 0.3) is 0 Å². The molecular formula is C13H21NO2. The highest BCUT2D eigenvalue weighted by molar-refractivity contribution is 5.32. The summed E-state index contributed by atoms with van der Waals surface area (Å²) in [6.07, 6.45) is 0. The molecule has 3 heteroatoms. The zero-order valence-electron chi connectivity index (χ0n) is 10.3. The molecule has 0 aromatic heterocycles. The Morgan fingerprint density at radius 2 is 2.00 bits per heavy atom. The quantitative estimate of drug-likeness (QED) is 0.750. The number of hydrogen-bond acceptors (Lipinski definition) is 3. The van der Waals surface area contributed by atoms with E-state index in [0.717, 1.165) is 5.56 Å². The standard InChI is InChI=1S/C13H21NO2/c1-10-4-5-12(11(2)8-10)13(14)9-16-7-6-15-3/h4-5,8,13H,6-7,9,14H2,1-3H3. The number of aryl methyl sites for hydroxylation is 2. The maximum absolute atomic E-state index is 6.06. The molecule has 1 unspecified atom stereocenters. The average Bonchev–Trinajstić information content (AvgIpc) is 2.24. The van der Waals surface area contributed by atoms with E-state index in [1.807, 2.05) is 0 Å². The van der Waals surface area contributed by atoms with Gasteiger partial charge in [-0.2, -0.15) is 0 Å². The van der Waals surface area contributed by atoms with Crippen LogP contribution in [0.1, 0.15) is 22.7 Å². The summed E-state index contributed by atoms with van der Waals surface area (Å²) in [5.74, 6) is 0. The van der Waals surface area contributed by atoms with Gasteiger partial charge in [-0.15, -0.1) is 0 Å². The van der Waals surface area contributed by atoms with Gasteiger partial charge >= 0.3 is 0 Å². The number of benzene rings is 1. The largest absolute Gasteiger partial charge is 0.382 e. The summed E-state index contributed by atoms with van der Waals surface area (Å²) < 4.78 is 10.3. The van der Waals surface area contributed by atoms with Gasteiger partial charge in [-0.25, -0.2) is 0 Å². The van der Waals surface area contributed by atoms with E-state index < -0.39 is 0 Å². The Morgan fingerprint density at radius 3 is 2.62 bits per heavy atom. The van der Waals surface area contributed by atoms with Crippen molar-refractivity contribution in [1.29, 1.82) is 0 Å². The smallest absolute Gasteiger partial charge is 0.0701 e. The first-order valence-electron chi connectivity index (χ1n) is 5.54. The van der Waals surface area contributed by atoms with Gasteiger partial charge in [-0.05, 0) is 25.0 Å². The maximum atomic E-state index is 6.06. The van der Waals surface area contributed by atoms with E-state index in [2.05, 4.69) is 32.0 Å². The molecule has 1 aromatic carbocycles. The Bertz CT molecular complexity index is 326. The van der Waals surface area contributed by atoms with Gasteiger partial charge in [0.05, 0.1) is 25.9 Å². The summed E-state index contributed by atoms with van der Waals surface area (Å²) in [5.41, 5.74) is 9.70. The van der Waals surface area contributed by atoms with Crippen molar-refractivity contribution in [2.45, 2.75) is 19.9 Å². The van der Waals surface area contributed by atoms with Crippen molar-refractivity contribution in [2.24, 2.45) is 5.73 Å². The van der Waals surface area contributed by atoms with Gasteiger partial charge in [0, 0.05) is 7.11 Å². The highest BCUT2D eigenvalue weighted by Crippen LogP contribution is 2.17. The predicted molar refractivity (Wildman–Crippen MR) is 65.5 cm³/mol. The van der Waals surface area contributed by atoms with Crippen LogP contribution < -0.4 is 5.73 Å². The van der Waals surface area contributed by atoms with Crippen LogP contribution in [0.2, 0.25) is 0 Å².